The summed E-state index contributed by atoms with van der Waals surface area (Å²) < 4.78 is 22.5. The molecule has 2 unspecified atom stereocenters. The van der Waals surface area contributed by atoms with E-state index in [0.717, 1.165) is 38.5 Å². The highest BCUT2D eigenvalue weighted by Gasteiger charge is 2.22. The first-order valence-electron chi connectivity index (χ1n) is 28.7. The van der Waals surface area contributed by atoms with Crippen LogP contribution in [-0.2, 0) is 33.3 Å². The topological polar surface area (TPSA) is 111 Å². The van der Waals surface area contributed by atoms with E-state index in [1.165, 1.54) is 225 Å². The van der Waals surface area contributed by atoms with Gasteiger partial charge in [-0.05, 0) is 12.8 Å². The van der Waals surface area contributed by atoms with Gasteiger partial charge in [-0.1, -0.05) is 264 Å². The van der Waals surface area contributed by atoms with Crippen molar-refractivity contribution in [2.45, 2.75) is 302 Å². The van der Waals surface area contributed by atoms with Crippen LogP contribution in [0.4, 0.5) is 0 Å². The summed E-state index contributed by atoms with van der Waals surface area (Å²) in [5, 5.41) is 11.7. The summed E-state index contributed by atoms with van der Waals surface area (Å²) in [4.78, 5) is 36.9. The fourth-order valence-electron chi connectivity index (χ4n) is 8.66. The van der Waals surface area contributed by atoms with Crippen LogP contribution in [0.5, 0.6) is 0 Å². The third-order valence-corrected chi connectivity index (χ3v) is 13.1. The molecule has 0 fully saturated rings. The van der Waals surface area contributed by atoms with Gasteiger partial charge in [0.15, 0.2) is 12.4 Å². The molecule has 392 valence electrons. The largest absolute Gasteiger partial charge is 0.545 e. The Kier molecular flexibility index (Phi) is 48.4. The Morgan fingerprint density at radius 2 is 0.682 bits per heavy atom. The minimum atomic E-state index is -1.61. The van der Waals surface area contributed by atoms with Crippen molar-refractivity contribution in [3.63, 3.8) is 0 Å². The molecule has 0 saturated carbocycles. The first-order valence-corrected chi connectivity index (χ1v) is 28.7. The Balaban J connectivity index is 3.86. The number of nitrogens with zero attached hydrogens (tertiary/aromatic N) is 1. The maximum atomic E-state index is 12.8. The van der Waals surface area contributed by atoms with Gasteiger partial charge in [0.1, 0.15) is 13.2 Å². The van der Waals surface area contributed by atoms with E-state index < -0.39 is 24.3 Å². The molecule has 2 atom stereocenters. The minimum Gasteiger partial charge on any atom is -0.545 e. The number of carboxylic acid groups (broad SMARTS) is 1. The van der Waals surface area contributed by atoms with Crippen molar-refractivity contribution in [3.8, 4) is 0 Å². The van der Waals surface area contributed by atoms with Crippen LogP contribution in [0.3, 0.4) is 0 Å². The standard InChI is InChI=1S/C57H111NO8/c1-6-8-10-12-14-15-16-17-18-19-20-21-22-23-24-25-26-27-28-29-30-31-32-33-34-35-36-37-38-39-40-42-44-46-48-55(60)66-53(51-64-54(59)47-45-43-41-13-11-9-7-2)52-65-57(56(61)62)63-50-49-58(3,4)5/h53,57H,6-52H2,1-5H3. The highest BCUT2D eigenvalue weighted by atomic mass is 16.7. The number of aliphatic carboxylic acids is 1. The van der Waals surface area contributed by atoms with Crippen molar-refractivity contribution >= 4 is 17.9 Å². The summed E-state index contributed by atoms with van der Waals surface area (Å²) in [5.41, 5.74) is 0. The van der Waals surface area contributed by atoms with Gasteiger partial charge in [-0.15, -0.1) is 0 Å². The number of rotatable bonds is 54. The molecule has 9 heteroatoms. The quantitative estimate of drug-likeness (QED) is 0.0257. The van der Waals surface area contributed by atoms with Crippen molar-refractivity contribution in [2.24, 2.45) is 0 Å². The van der Waals surface area contributed by atoms with Crippen molar-refractivity contribution in [3.05, 3.63) is 0 Å². The Bertz CT molecular complexity index is 1050. The molecule has 0 aliphatic rings. The molecule has 0 aromatic rings. The monoisotopic (exact) mass is 938 g/mol. The molecule has 0 aliphatic heterocycles. The summed E-state index contributed by atoms with van der Waals surface area (Å²) in [6.07, 6.45) is 52.1. The summed E-state index contributed by atoms with van der Waals surface area (Å²) in [6.45, 7) is 4.74. The molecule has 0 rings (SSSR count). The Morgan fingerprint density at radius 1 is 0.394 bits per heavy atom. The highest BCUT2D eigenvalue weighted by molar-refractivity contribution is 5.70. The van der Waals surface area contributed by atoms with Crippen LogP contribution in [0.2, 0.25) is 0 Å². The lowest BCUT2D eigenvalue weighted by Crippen LogP contribution is -2.44. The van der Waals surface area contributed by atoms with E-state index in [9.17, 15) is 19.5 Å². The van der Waals surface area contributed by atoms with Crippen molar-refractivity contribution in [1.29, 1.82) is 0 Å². The molecule has 0 aromatic carbocycles. The summed E-state index contributed by atoms with van der Waals surface area (Å²) in [5.74, 6) is -2.27. The van der Waals surface area contributed by atoms with E-state index in [1.807, 2.05) is 21.1 Å². The zero-order valence-corrected chi connectivity index (χ0v) is 44.6. The third kappa shape index (κ3) is 50.2. The lowest BCUT2D eigenvalue weighted by atomic mass is 10.0. The number of hydrogen-bond donors (Lipinski definition) is 0. The molecular weight excluding hydrogens is 827 g/mol. The normalized spacial score (nSPS) is 12.7. The van der Waals surface area contributed by atoms with E-state index in [0.29, 0.717) is 17.4 Å². The number of carboxylic acids is 1. The number of unbranched alkanes of at least 4 members (excludes halogenated alkanes) is 39. The number of likely N-dealkylation sites (N-methyl/N-ethyl adjacent to an activating group) is 1. The first kappa shape index (κ1) is 64.3. The second-order valence-electron chi connectivity index (χ2n) is 21.0. The number of ether oxygens (including phenoxy) is 4. The fraction of sp³-hybridized carbons (Fsp3) is 0.947. The van der Waals surface area contributed by atoms with Crippen LogP contribution in [0.25, 0.3) is 0 Å². The van der Waals surface area contributed by atoms with Crippen molar-refractivity contribution in [1.82, 2.24) is 0 Å². The summed E-state index contributed by atoms with van der Waals surface area (Å²) >= 11 is 0. The second-order valence-corrected chi connectivity index (χ2v) is 21.0. The molecule has 0 amide bonds. The molecule has 9 nitrogen and oxygen atoms in total. The Morgan fingerprint density at radius 3 is 0.970 bits per heavy atom. The minimum absolute atomic E-state index is 0.153. The number of hydrogen-bond acceptors (Lipinski definition) is 8. The molecule has 0 heterocycles. The predicted octanol–water partition coefficient (Wildman–Crippen LogP) is 15.1. The average molecular weight is 939 g/mol. The van der Waals surface area contributed by atoms with Crippen LogP contribution >= 0.6 is 0 Å². The van der Waals surface area contributed by atoms with E-state index in [1.54, 1.807) is 0 Å². The Labute approximate surface area is 409 Å². The van der Waals surface area contributed by atoms with Crippen molar-refractivity contribution in [2.75, 3.05) is 47.5 Å². The predicted molar refractivity (Wildman–Crippen MR) is 274 cm³/mol. The fourth-order valence-corrected chi connectivity index (χ4v) is 8.66. The smallest absolute Gasteiger partial charge is 0.306 e. The van der Waals surface area contributed by atoms with E-state index in [4.69, 9.17) is 18.9 Å². The maximum Gasteiger partial charge on any atom is 0.306 e. The molecule has 0 N–H and O–H groups in total. The van der Waals surface area contributed by atoms with Crippen LogP contribution in [0.1, 0.15) is 290 Å². The van der Waals surface area contributed by atoms with Gasteiger partial charge in [-0.3, -0.25) is 9.59 Å². The summed E-state index contributed by atoms with van der Waals surface area (Å²) in [6, 6.07) is 0. The lowest BCUT2D eigenvalue weighted by molar-refractivity contribution is -0.870. The highest BCUT2D eigenvalue weighted by Crippen LogP contribution is 2.18. The molecule has 0 spiro atoms. The average Bonchev–Trinajstić information content (AvgIpc) is 3.28. The van der Waals surface area contributed by atoms with Crippen molar-refractivity contribution < 1.29 is 42.9 Å². The van der Waals surface area contributed by atoms with Crippen LogP contribution in [-0.4, -0.2) is 82.3 Å². The third-order valence-electron chi connectivity index (χ3n) is 13.1. The van der Waals surface area contributed by atoms with Gasteiger partial charge in [0, 0.05) is 12.8 Å². The van der Waals surface area contributed by atoms with Crippen LogP contribution in [0, 0.1) is 0 Å². The zero-order chi connectivity index (χ0) is 48.4. The van der Waals surface area contributed by atoms with Gasteiger partial charge in [0.2, 0.25) is 0 Å². The lowest BCUT2D eigenvalue weighted by Gasteiger charge is -2.26. The molecule has 0 aliphatic carbocycles. The van der Waals surface area contributed by atoms with Crippen LogP contribution < -0.4 is 5.11 Å². The van der Waals surface area contributed by atoms with E-state index >= 15 is 0 Å². The number of carbonyl (C=O) groups excluding carboxylic acids is 3. The molecule has 0 aromatic heterocycles. The van der Waals surface area contributed by atoms with Gasteiger partial charge in [-0.2, -0.15) is 0 Å². The van der Waals surface area contributed by atoms with Gasteiger partial charge in [0.05, 0.1) is 40.3 Å². The number of esters is 2. The molecule has 0 radical (unpaired) electrons. The second kappa shape index (κ2) is 49.7. The van der Waals surface area contributed by atoms with E-state index in [2.05, 4.69) is 13.8 Å². The molecule has 0 saturated heterocycles. The zero-order valence-electron chi connectivity index (χ0n) is 44.6. The SMILES string of the molecule is CCCCCCCCCCCCCCCCCCCCCCCCCCCCCCCCCCCCC(=O)OC(COC(=O)CCCCCCCCC)COC(OCC[N+](C)(C)C)C(=O)[O-]. The molecular formula is C57H111NO8. The maximum absolute atomic E-state index is 12.8. The summed E-state index contributed by atoms with van der Waals surface area (Å²) in [7, 11) is 5.92. The molecule has 0 bridgehead atoms. The van der Waals surface area contributed by atoms with Gasteiger partial charge < -0.3 is 33.3 Å². The van der Waals surface area contributed by atoms with Crippen LogP contribution in [0.15, 0.2) is 0 Å². The van der Waals surface area contributed by atoms with Gasteiger partial charge in [-0.25, -0.2) is 0 Å². The number of carbonyl (C=O) groups is 3. The first-order chi connectivity index (χ1) is 32.1. The van der Waals surface area contributed by atoms with Gasteiger partial charge >= 0.3 is 11.9 Å². The number of quaternary nitrogens is 1. The Hall–Kier alpha value is -1.71. The van der Waals surface area contributed by atoms with Gasteiger partial charge in [0.25, 0.3) is 0 Å². The molecule has 66 heavy (non-hydrogen) atoms. The van der Waals surface area contributed by atoms with E-state index in [-0.39, 0.29) is 32.2 Å².